The van der Waals surface area contributed by atoms with Gasteiger partial charge in [0.05, 0.1) is 18.2 Å². The number of rotatable bonds is 6. The molecule has 3 rings (SSSR count). The molecule has 1 aromatic rings. The van der Waals surface area contributed by atoms with E-state index in [1.807, 2.05) is 4.90 Å². The van der Waals surface area contributed by atoms with Crippen LogP contribution in [0.15, 0.2) is 24.3 Å². The third-order valence-electron chi connectivity index (χ3n) is 5.01. The number of hydrogen-bond donors (Lipinski definition) is 1. The van der Waals surface area contributed by atoms with Gasteiger partial charge in [-0.25, -0.2) is 0 Å². The van der Waals surface area contributed by atoms with E-state index in [2.05, 4.69) is 10.1 Å². The Kier molecular flexibility index (Phi) is 6.05. The monoisotopic (exact) mass is 370 g/mol. The molecule has 6 nitrogen and oxygen atoms in total. The first-order valence-corrected chi connectivity index (χ1v) is 8.74. The molecule has 2 heterocycles. The van der Waals surface area contributed by atoms with Gasteiger partial charge in [0.25, 0.3) is 0 Å². The molecular formula is C18H24F2N2O4. The Morgan fingerprint density at radius 1 is 1.38 bits per heavy atom. The molecule has 0 unspecified atom stereocenters. The molecule has 0 saturated carbocycles. The highest BCUT2D eigenvalue weighted by molar-refractivity contribution is 5.92. The maximum Gasteiger partial charge on any atom is 0.387 e. The minimum atomic E-state index is -2.87. The van der Waals surface area contributed by atoms with Crippen molar-refractivity contribution in [2.45, 2.75) is 37.6 Å². The number of alkyl halides is 2. The molecule has 26 heavy (non-hydrogen) atoms. The van der Waals surface area contributed by atoms with E-state index in [0.717, 1.165) is 32.4 Å². The van der Waals surface area contributed by atoms with Gasteiger partial charge in [0.1, 0.15) is 5.75 Å². The number of halogens is 2. The second kappa shape index (κ2) is 8.28. The van der Waals surface area contributed by atoms with Crippen LogP contribution >= 0.6 is 0 Å². The zero-order chi connectivity index (χ0) is 18.6. The maximum absolute atomic E-state index is 12.3. The first kappa shape index (κ1) is 19.0. The van der Waals surface area contributed by atoms with Gasteiger partial charge in [-0.1, -0.05) is 0 Å². The van der Waals surface area contributed by atoms with E-state index in [4.69, 9.17) is 9.47 Å². The quantitative estimate of drug-likeness (QED) is 0.834. The molecule has 2 aliphatic rings. The number of amides is 1. The third-order valence-corrected chi connectivity index (χ3v) is 5.01. The number of carbonyl (C=O) groups is 1. The van der Waals surface area contributed by atoms with Crippen LogP contribution in [0.5, 0.6) is 5.75 Å². The van der Waals surface area contributed by atoms with E-state index < -0.39 is 6.61 Å². The summed E-state index contributed by atoms with van der Waals surface area (Å²) < 4.78 is 40.2. The Hall–Kier alpha value is -1.77. The molecular weight excluding hydrogens is 346 g/mol. The van der Waals surface area contributed by atoms with Crippen LogP contribution in [0.4, 0.5) is 14.5 Å². The summed E-state index contributed by atoms with van der Waals surface area (Å²) in [6.07, 6.45) is 2.85. The Bertz CT molecular complexity index is 606. The van der Waals surface area contributed by atoms with Crippen molar-refractivity contribution in [3.05, 3.63) is 24.3 Å². The summed E-state index contributed by atoms with van der Waals surface area (Å²) in [6, 6.07) is 5.85. The molecule has 2 aliphatic heterocycles. The molecule has 8 heteroatoms. The minimum absolute atomic E-state index is 0.0441. The molecule has 0 aliphatic carbocycles. The zero-order valence-electron chi connectivity index (χ0n) is 14.7. The molecule has 0 radical (unpaired) electrons. The fourth-order valence-electron chi connectivity index (χ4n) is 3.73. The van der Waals surface area contributed by atoms with Crippen molar-refractivity contribution in [2.75, 3.05) is 38.7 Å². The van der Waals surface area contributed by atoms with Gasteiger partial charge < -0.3 is 19.5 Å². The Balaban J connectivity index is 1.50. The van der Waals surface area contributed by atoms with Gasteiger partial charge in [0, 0.05) is 32.5 Å². The smallest absolute Gasteiger partial charge is 0.387 e. The third kappa shape index (κ3) is 4.49. The van der Waals surface area contributed by atoms with Gasteiger partial charge in [-0.15, -0.1) is 0 Å². The number of nitrogens with zero attached hydrogens (tertiary/aromatic N) is 1. The molecule has 0 bridgehead atoms. The fourth-order valence-corrected chi connectivity index (χ4v) is 3.73. The van der Waals surface area contributed by atoms with Crippen LogP contribution in [-0.4, -0.2) is 62.5 Å². The summed E-state index contributed by atoms with van der Waals surface area (Å²) in [5.41, 5.74) is 0.329. The Morgan fingerprint density at radius 3 is 2.77 bits per heavy atom. The Morgan fingerprint density at radius 2 is 2.15 bits per heavy atom. The van der Waals surface area contributed by atoms with Gasteiger partial charge in [0.2, 0.25) is 5.91 Å². The molecule has 2 fully saturated rings. The second-order valence-corrected chi connectivity index (χ2v) is 6.68. The SMILES string of the molecule is CO[C@H]1CN(CC(=O)Nc2ccc(OC(F)F)cc2)CC[C@]12CCCO2. The Labute approximate surface area is 151 Å². The van der Waals surface area contributed by atoms with Gasteiger partial charge >= 0.3 is 6.61 Å². The van der Waals surface area contributed by atoms with Crippen molar-refractivity contribution in [1.29, 1.82) is 0 Å². The molecule has 1 aromatic carbocycles. The van der Waals surface area contributed by atoms with E-state index >= 15 is 0 Å². The molecule has 1 N–H and O–H groups in total. The van der Waals surface area contributed by atoms with Crippen molar-refractivity contribution in [3.63, 3.8) is 0 Å². The zero-order valence-corrected chi connectivity index (χ0v) is 14.7. The lowest BCUT2D eigenvalue weighted by atomic mass is 9.86. The van der Waals surface area contributed by atoms with Crippen molar-refractivity contribution in [1.82, 2.24) is 4.90 Å². The number of nitrogens with one attached hydrogen (secondary N) is 1. The molecule has 2 saturated heterocycles. The lowest BCUT2D eigenvalue weighted by molar-refractivity contribution is -0.145. The highest BCUT2D eigenvalue weighted by Gasteiger charge is 2.46. The van der Waals surface area contributed by atoms with Crippen molar-refractivity contribution in [2.24, 2.45) is 0 Å². The van der Waals surface area contributed by atoms with Crippen LogP contribution in [0.2, 0.25) is 0 Å². The van der Waals surface area contributed by atoms with Gasteiger partial charge in [-0.2, -0.15) is 8.78 Å². The van der Waals surface area contributed by atoms with E-state index in [1.54, 1.807) is 7.11 Å². The van der Waals surface area contributed by atoms with Crippen LogP contribution < -0.4 is 10.1 Å². The van der Waals surface area contributed by atoms with Crippen LogP contribution in [0, 0.1) is 0 Å². The number of piperidine rings is 1. The summed E-state index contributed by atoms with van der Waals surface area (Å²) in [7, 11) is 1.68. The van der Waals surface area contributed by atoms with Gasteiger partial charge in [-0.3, -0.25) is 9.69 Å². The highest BCUT2D eigenvalue weighted by Crippen LogP contribution is 2.37. The van der Waals surface area contributed by atoms with E-state index in [0.29, 0.717) is 12.2 Å². The largest absolute Gasteiger partial charge is 0.435 e. The maximum atomic E-state index is 12.3. The fraction of sp³-hybridized carbons (Fsp3) is 0.611. The van der Waals surface area contributed by atoms with Crippen molar-refractivity contribution in [3.8, 4) is 5.75 Å². The number of methoxy groups -OCH3 is 1. The van der Waals surface area contributed by atoms with Gasteiger partial charge in [-0.05, 0) is 43.5 Å². The second-order valence-electron chi connectivity index (χ2n) is 6.68. The average molecular weight is 370 g/mol. The van der Waals surface area contributed by atoms with Crippen molar-refractivity contribution >= 4 is 11.6 Å². The van der Waals surface area contributed by atoms with Crippen molar-refractivity contribution < 1.29 is 27.8 Å². The normalized spacial score (nSPS) is 26.4. The number of likely N-dealkylation sites (tertiary alicyclic amines) is 1. The molecule has 0 aromatic heterocycles. The number of benzene rings is 1. The first-order chi connectivity index (χ1) is 12.5. The standard InChI is InChI=1S/C18H24F2N2O4/c1-24-15-11-22(9-8-18(15)7-2-10-25-18)12-16(23)21-13-3-5-14(6-4-13)26-17(19)20/h3-6,15,17H,2,7-12H2,1H3,(H,21,23)/t15-,18+/m0/s1. The van der Waals surface area contributed by atoms with E-state index in [-0.39, 0.29) is 29.9 Å². The summed E-state index contributed by atoms with van der Waals surface area (Å²) >= 11 is 0. The van der Waals surface area contributed by atoms with E-state index in [1.165, 1.54) is 24.3 Å². The molecule has 1 spiro atoms. The highest BCUT2D eigenvalue weighted by atomic mass is 19.3. The molecule has 144 valence electrons. The van der Waals surface area contributed by atoms with Crippen LogP contribution in [0.3, 0.4) is 0 Å². The molecule has 1 amide bonds. The summed E-state index contributed by atoms with van der Waals surface area (Å²) in [5.74, 6) is -0.107. The predicted octanol–water partition coefficient (Wildman–Crippen LogP) is 2.50. The summed E-state index contributed by atoms with van der Waals surface area (Å²) in [5, 5.41) is 2.77. The summed E-state index contributed by atoms with van der Waals surface area (Å²) in [4.78, 5) is 14.3. The summed E-state index contributed by atoms with van der Waals surface area (Å²) in [6.45, 7) is -0.438. The lowest BCUT2D eigenvalue weighted by Crippen LogP contribution is -2.57. The molecule has 2 atom stereocenters. The predicted molar refractivity (Wildman–Crippen MR) is 91.5 cm³/mol. The average Bonchev–Trinajstić information content (AvgIpc) is 3.07. The number of carbonyl (C=O) groups excluding carboxylic acids is 1. The topological polar surface area (TPSA) is 60.0 Å². The van der Waals surface area contributed by atoms with Crippen LogP contribution in [0.1, 0.15) is 19.3 Å². The first-order valence-electron chi connectivity index (χ1n) is 8.74. The van der Waals surface area contributed by atoms with E-state index in [9.17, 15) is 13.6 Å². The number of anilines is 1. The number of hydrogen-bond acceptors (Lipinski definition) is 5. The lowest BCUT2D eigenvalue weighted by Gasteiger charge is -2.44. The van der Waals surface area contributed by atoms with Crippen LogP contribution in [-0.2, 0) is 14.3 Å². The number of ether oxygens (including phenoxy) is 3. The minimum Gasteiger partial charge on any atom is -0.435 e. The van der Waals surface area contributed by atoms with Gasteiger partial charge in [0.15, 0.2) is 0 Å². The van der Waals surface area contributed by atoms with Crippen LogP contribution in [0.25, 0.3) is 0 Å².